The van der Waals surface area contributed by atoms with Gasteiger partial charge in [-0.3, -0.25) is 0 Å². The molecule has 1 N–H and O–H groups in total. The van der Waals surface area contributed by atoms with Crippen LogP contribution in [0.25, 0.3) is 22.4 Å². The van der Waals surface area contributed by atoms with Crippen LogP contribution in [-0.2, 0) is 0 Å². The van der Waals surface area contributed by atoms with Crippen LogP contribution in [0.5, 0.6) is 0 Å². The Morgan fingerprint density at radius 2 is 1.89 bits per heavy atom. The van der Waals surface area contributed by atoms with Crippen LogP contribution in [0.15, 0.2) is 42.5 Å². The van der Waals surface area contributed by atoms with E-state index in [1.54, 1.807) is 0 Å². The molecule has 3 aromatic rings. The van der Waals surface area contributed by atoms with Gasteiger partial charge in [-0.25, -0.2) is 4.98 Å². The average molecular weight is 267 g/mol. The summed E-state index contributed by atoms with van der Waals surface area (Å²) in [4.78, 5) is 7.88. The highest BCUT2D eigenvalue weighted by Crippen LogP contribution is 2.22. The molecule has 1 heterocycles. The van der Waals surface area contributed by atoms with Gasteiger partial charge in [0.2, 0.25) is 0 Å². The number of benzene rings is 2. The van der Waals surface area contributed by atoms with Gasteiger partial charge in [0, 0.05) is 16.1 Å². The van der Waals surface area contributed by atoms with Gasteiger partial charge in [-0.2, -0.15) is 0 Å². The highest BCUT2D eigenvalue weighted by molar-refractivity contribution is 6.30. The minimum absolute atomic E-state index is 0.723. The first-order valence-electron chi connectivity index (χ1n) is 5.95. The van der Waals surface area contributed by atoms with E-state index in [2.05, 4.69) is 21.8 Å². The Morgan fingerprint density at radius 3 is 2.63 bits per heavy atom. The molecule has 0 spiro atoms. The monoisotopic (exact) mass is 266 g/mol. The van der Waals surface area contributed by atoms with Gasteiger partial charge < -0.3 is 4.98 Å². The molecule has 1 aromatic heterocycles. The molecule has 0 saturated carbocycles. The number of imidazole rings is 1. The standard InChI is InChI=1S/C16H11ClN2/c1-2-3-11-4-9-14-15(10-11)19-16(18-14)12-5-7-13(17)8-6-12/h4-10H,1H3,(H,18,19). The summed E-state index contributed by atoms with van der Waals surface area (Å²) in [5.74, 6) is 6.78. The number of nitrogens with one attached hydrogen (secondary N) is 1. The second kappa shape index (κ2) is 4.79. The maximum atomic E-state index is 5.89. The van der Waals surface area contributed by atoms with Gasteiger partial charge in [0.25, 0.3) is 0 Å². The fraction of sp³-hybridized carbons (Fsp3) is 0.0625. The number of hydrogen-bond donors (Lipinski definition) is 1. The summed E-state index contributed by atoms with van der Waals surface area (Å²) in [6.45, 7) is 1.83. The summed E-state index contributed by atoms with van der Waals surface area (Å²) < 4.78 is 0. The third kappa shape index (κ3) is 2.33. The summed E-state index contributed by atoms with van der Waals surface area (Å²) >= 11 is 5.89. The Morgan fingerprint density at radius 1 is 1.11 bits per heavy atom. The molecule has 2 nitrogen and oxygen atoms in total. The molecule has 0 radical (unpaired) electrons. The molecule has 0 atom stereocenters. The molecule has 0 saturated heterocycles. The Kier molecular flexibility index (Phi) is 2.98. The second-order valence-corrected chi connectivity index (χ2v) is 4.64. The number of hydrogen-bond acceptors (Lipinski definition) is 1. The van der Waals surface area contributed by atoms with Gasteiger partial charge >= 0.3 is 0 Å². The van der Waals surface area contributed by atoms with Crippen molar-refractivity contribution in [3.8, 4) is 23.2 Å². The van der Waals surface area contributed by atoms with Crippen LogP contribution < -0.4 is 0 Å². The van der Waals surface area contributed by atoms with E-state index in [0.29, 0.717) is 0 Å². The third-order valence-electron chi connectivity index (χ3n) is 2.87. The quantitative estimate of drug-likeness (QED) is 0.655. The maximum Gasteiger partial charge on any atom is 0.138 e. The van der Waals surface area contributed by atoms with Gasteiger partial charge in [0.15, 0.2) is 0 Å². The van der Waals surface area contributed by atoms with E-state index in [9.17, 15) is 0 Å². The van der Waals surface area contributed by atoms with Crippen molar-refractivity contribution in [1.82, 2.24) is 9.97 Å². The van der Waals surface area contributed by atoms with Gasteiger partial charge in [-0.15, -0.1) is 5.92 Å². The van der Waals surface area contributed by atoms with Crippen LogP contribution in [0.2, 0.25) is 5.02 Å². The van der Waals surface area contributed by atoms with Gasteiger partial charge in [-0.1, -0.05) is 17.5 Å². The van der Waals surface area contributed by atoms with Gasteiger partial charge in [0.1, 0.15) is 5.82 Å². The SMILES string of the molecule is CC#Cc1ccc2nc(-c3ccc(Cl)cc3)[nH]c2c1. The summed E-state index contributed by atoms with van der Waals surface area (Å²) in [6, 6.07) is 13.6. The third-order valence-corrected chi connectivity index (χ3v) is 3.12. The molecule has 0 aliphatic carbocycles. The molecule has 3 heteroatoms. The molecule has 3 rings (SSSR count). The molecular weight excluding hydrogens is 256 g/mol. The fourth-order valence-corrected chi connectivity index (χ4v) is 2.10. The number of H-pyrrole nitrogens is 1. The second-order valence-electron chi connectivity index (χ2n) is 4.20. The average Bonchev–Trinajstić information content (AvgIpc) is 2.83. The molecule has 0 bridgehead atoms. The van der Waals surface area contributed by atoms with E-state index in [0.717, 1.165) is 33.0 Å². The Hall–Kier alpha value is -2.24. The van der Waals surface area contributed by atoms with E-state index in [-0.39, 0.29) is 0 Å². The number of aromatic nitrogens is 2. The van der Waals surface area contributed by atoms with Crippen LogP contribution in [0, 0.1) is 11.8 Å². The minimum Gasteiger partial charge on any atom is -0.338 e. The van der Waals surface area contributed by atoms with Crippen LogP contribution in [0.1, 0.15) is 12.5 Å². The van der Waals surface area contributed by atoms with Crippen molar-refractivity contribution in [2.75, 3.05) is 0 Å². The first-order chi connectivity index (χ1) is 9.26. The first kappa shape index (κ1) is 11.8. The number of aromatic amines is 1. The summed E-state index contributed by atoms with van der Waals surface area (Å²) in [6.07, 6.45) is 0. The highest BCUT2D eigenvalue weighted by atomic mass is 35.5. The van der Waals surface area contributed by atoms with Gasteiger partial charge in [0.05, 0.1) is 11.0 Å². The van der Waals surface area contributed by atoms with Crippen molar-refractivity contribution in [3.63, 3.8) is 0 Å². The summed E-state index contributed by atoms with van der Waals surface area (Å²) in [7, 11) is 0. The van der Waals surface area contributed by atoms with Gasteiger partial charge in [-0.05, 0) is 49.4 Å². The Bertz CT molecular complexity index is 789. The molecule has 0 amide bonds. The zero-order chi connectivity index (χ0) is 13.2. The zero-order valence-corrected chi connectivity index (χ0v) is 11.1. The minimum atomic E-state index is 0.723. The number of nitrogens with zero attached hydrogens (tertiary/aromatic N) is 1. The van der Waals surface area contributed by atoms with Crippen molar-refractivity contribution in [2.24, 2.45) is 0 Å². The van der Waals surface area contributed by atoms with Crippen molar-refractivity contribution >= 4 is 22.6 Å². The molecule has 19 heavy (non-hydrogen) atoms. The summed E-state index contributed by atoms with van der Waals surface area (Å²) in [5, 5.41) is 0.723. The van der Waals surface area contributed by atoms with E-state index in [1.165, 1.54) is 0 Å². The predicted molar refractivity (Wildman–Crippen MR) is 79.1 cm³/mol. The molecule has 2 aromatic carbocycles. The predicted octanol–water partition coefficient (Wildman–Crippen LogP) is 4.25. The van der Waals surface area contributed by atoms with Crippen LogP contribution >= 0.6 is 11.6 Å². The maximum absolute atomic E-state index is 5.89. The largest absolute Gasteiger partial charge is 0.338 e. The molecule has 0 aliphatic rings. The van der Waals surface area contributed by atoms with Crippen LogP contribution in [0.4, 0.5) is 0 Å². The lowest BCUT2D eigenvalue weighted by molar-refractivity contribution is 1.34. The molecule has 0 unspecified atom stereocenters. The Labute approximate surface area is 116 Å². The van der Waals surface area contributed by atoms with E-state index < -0.39 is 0 Å². The van der Waals surface area contributed by atoms with E-state index in [1.807, 2.05) is 49.4 Å². The number of rotatable bonds is 1. The van der Waals surface area contributed by atoms with E-state index in [4.69, 9.17) is 11.6 Å². The molecule has 0 aliphatic heterocycles. The van der Waals surface area contributed by atoms with E-state index >= 15 is 0 Å². The van der Waals surface area contributed by atoms with Crippen LogP contribution in [0.3, 0.4) is 0 Å². The molecule has 0 fully saturated rings. The normalized spacial score (nSPS) is 10.2. The zero-order valence-electron chi connectivity index (χ0n) is 10.4. The van der Waals surface area contributed by atoms with Crippen molar-refractivity contribution in [2.45, 2.75) is 6.92 Å². The summed E-state index contributed by atoms with van der Waals surface area (Å²) in [5.41, 5.74) is 3.93. The van der Waals surface area contributed by atoms with Crippen LogP contribution in [-0.4, -0.2) is 9.97 Å². The molecular formula is C16H11ClN2. The topological polar surface area (TPSA) is 28.7 Å². The first-order valence-corrected chi connectivity index (χ1v) is 6.32. The van der Waals surface area contributed by atoms with Crippen molar-refractivity contribution in [3.05, 3.63) is 53.1 Å². The number of fused-ring (bicyclic) bond motifs is 1. The van der Waals surface area contributed by atoms with Crippen molar-refractivity contribution < 1.29 is 0 Å². The van der Waals surface area contributed by atoms with Crippen molar-refractivity contribution in [1.29, 1.82) is 0 Å². The smallest absolute Gasteiger partial charge is 0.138 e. The fourth-order valence-electron chi connectivity index (χ4n) is 1.98. The lowest BCUT2D eigenvalue weighted by Crippen LogP contribution is -1.78. The Balaban J connectivity index is 2.10. The number of halogens is 1. The lowest BCUT2D eigenvalue weighted by Gasteiger charge is -1.95. The molecule has 92 valence electrons. The lowest BCUT2D eigenvalue weighted by atomic mass is 10.2. The highest BCUT2D eigenvalue weighted by Gasteiger charge is 2.05.